The number of aromatic nitrogens is 2. The molecule has 0 saturated heterocycles. The van der Waals surface area contributed by atoms with Crippen molar-refractivity contribution in [2.24, 2.45) is 5.92 Å². The molecule has 1 amide bonds. The van der Waals surface area contributed by atoms with Gasteiger partial charge < -0.3 is 16.2 Å². The standard InChI is InChI=1S/C11H18N4O2/c1-2-7-9(12)10(15-14-7)11(17)13-5-8(16)6-3-4-6/h6,8,16H,2-5,12H2,1H3,(H,13,17)(H,14,15). The molecule has 1 fully saturated rings. The first-order chi connectivity index (χ1) is 8.13. The van der Waals surface area contributed by atoms with Crippen molar-refractivity contribution in [1.82, 2.24) is 15.5 Å². The van der Waals surface area contributed by atoms with Crippen molar-refractivity contribution in [2.45, 2.75) is 32.3 Å². The smallest absolute Gasteiger partial charge is 0.274 e. The van der Waals surface area contributed by atoms with Gasteiger partial charge in [-0.2, -0.15) is 5.10 Å². The number of hydrogen-bond donors (Lipinski definition) is 4. The molecule has 0 radical (unpaired) electrons. The molecule has 1 aliphatic carbocycles. The average molecular weight is 238 g/mol. The summed E-state index contributed by atoms with van der Waals surface area (Å²) in [5.74, 6) is 0.0104. The lowest BCUT2D eigenvalue weighted by atomic mass is 10.2. The van der Waals surface area contributed by atoms with Gasteiger partial charge in [-0.15, -0.1) is 0 Å². The molecule has 0 aliphatic heterocycles. The lowest BCUT2D eigenvalue weighted by Crippen LogP contribution is -2.33. The molecule has 1 heterocycles. The number of aromatic amines is 1. The van der Waals surface area contributed by atoms with E-state index in [1.165, 1.54) is 0 Å². The Labute approximate surface area is 99.6 Å². The summed E-state index contributed by atoms with van der Waals surface area (Å²) in [6.07, 6.45) is 2.34. The van der Waals surface area contributed by atoms with E-state index in [-0.39, 0.29) is 18.1 Å². The van der Waals surface area contributed by atoms with E-state index in [1.54, 1.807) is 0 Å². The fraction of sp³-hybridized carbons (Fsp3) is 0.636. The predicted octanol–water partition coefficient (Wildman–Crippen LogP) is 0.0550. The first kappa shape index (κ1) is 11.9. The molecule has 1 atom stereocenters. The summed E-state index contributed by atoms with van der Waals surface area (Å²) in [7, 11) is 0. The number of amides is 1. The van der Waals surface area contributed by atoms with Crippen LogP contribution in [0.1, 0.15) is 35.9 Å². The largest absolute Gasteiger partial charge is 0.395 e. The zero-order valence-electron chi connectivity index (χ0n) is 9.86. The summed E-state index contributed by atoms with van der Waals surface area (Å²) in [5, 5.41) is 18.9. The summed E-state index contributed by atoms with van der Waals surface area (Å²) in [6, 6.07) is 0. The van der Waals surface area contributed by atoms with Crippen molar-refractivity contribution in [2.75, 3.05) is 12.3 Å². The number of carbonyl (C=O) groups is 1. The SMILES string of the molecule is CCc1[nH]nc(C(=O)NCC(O)C2CC2)c1N. The summed E-state index contributed by atoms with van der Waals surface area (Å²) in [6.45, 7) is 2.19. The Morgan fingerprint density at radius 3 is 2.94 bits per heavy atom. The maximum absolute atomic E-state index is 11.8. The number of aliphatic hydroxyl groups is 1. The van der Waals surface area contributed by atoms with E-state index >= 15 is 0 Å². The van der Waals surface area contributed by atoms with E-state index in [0.717, 1.165) is 18.5 Å². The van der Waals surface area contributed by atoms with Crippen LogP contribution in [0.5, 0.6) is 0 Å². The van der Waals surface area contributed by atoms with Gasteiger partial charge >= 0.3 is 0 Å². The van der Waals surface area contributed by atoms with Gasteiger partial charge in [-0.05, 0) is 25.2 Å². The lowest BCUT2D eigenvalue weighted by molar-refractivity contribution is 0.0897. The topological polar surface area (TPSA) is 104 Å². The highest BCUT2D eigenvalue weighted by Gasteiger charge is 2.30. The molecule has 0 spiro atoms. The molecular weight excluding hydrogens is 220 g/mol. The minimum Gasteiger partial charge on any atom is -0.395 e. The Morgan fingerprint density at radius 1 is 1.71 bits per heavy atom. The Balaban J connectivity index is 1.92. The normalized spacial score (nSPS) is 16.8. The van der Waals surface area contributed by atoms with Gasteiger partial charge in [-0.25, -0.2) is 0 Å². The molecule has 1 unspecified atom stereocenters. The van der Waals surface area contributed by atoms with Gasteiger partial charge in [0.1, 0.15) is 0 Å². The Kier molecular flexibility index (Phi) is 3.33. The van der Waals surface area contributed by atoms with Crippen LogP contribution in [0.3, 0.4) is 0 Å². The molecule has 2 rings (SSSR count). The molecule has 1 aromatic rings. The number of anilines is 1. The van der Waals surface area contributed by atoms with Crippen molar-refractivity contribution in [1.29, 1.82) is 0 Å². The Morgan fingerprint density at radius 2 is 2.41 bits per heavy atom. The second kappa shape index (κ2) is 4.75. The van der Waals surface area contributed by atoms with Gasteiger partial charge in [0.25, 0.3) is 5.91 Å². The number of H-pyrrole nitrogens is 1. The van der Waals surface area contributed by atoms with Gasteiger partial charge in [0.05, 0.1) is 17.5 Å². The van der Waals surface area contributed by atoms with Crippen LogP contribution in [0.2, 0.25) is 0 Å². The van der Waals surface area contributed by atoms with Crippen molar-refractivity contribution in [3.8, 4) is 0 Å². The molecule has 1 aliphatic rings. The number of aliphatic hydroxyl groups excluding tert-OH is 1. The van der Waals surface area contributed by atoms with Crippen molar-refractivity contribution < 1.29 is 9.90 Å². The fourth-order valence-electron chi connectivity index (χ4n) is 1.76. The van der Waals surface area contributed by atoms with Gasteiger partial charge in [0, 0.05) is 6.54 Å². The zero-order valence-corrected chi connectivity index (χ0v) is 9.86. The molecule has 1 aromatic heterocycles. The average Bonchev–Trinajstić information content (AvgIpc) is 3.10. The maximum Gasteiger partial charge on any atom is 0.274 e. The fourth-order valence-corrected chi connectivity index (χ4v) is 1.76. The molecule has 94 valence electrons. The first-order valence-electron chi connectivity index (χ1n) is 5.92. The first-order valence-corrected chi connectivity index (χ1v) is 5.92. The van der Waals surface area contributed by atoms with Gasteiger partial charge in [-0.3, -0.25) is 9.89 Å². The number of nitrogen functional groups attached to an aromatic ring is 1. The number of hydrogen-bond acceptors (Lipinski definition) is 4. The van der Waals surface area contributed by atoms with E-state index in [0.29, 0.717) is 18.0 Å². The van der Waals surface area contributed by atoms with Gasteiger partial charge in [0.15, 0.2) is 5.69 Å². The quantitative estimate of drug-likeness (QED) is 0.582. The number of rotatable bonds is 5. The molecule has 6 heteroatoms. The maximum atomic E-state index is 11.8. The van der Waals surface area contributed by atoms with E-state index in [9.17, 15) is 9.90 Å². The van der Waals surface area contributed by atoms with Crippen LogP contribution in [-0.4, -0.2) is 33.9 Å². The third kappa shape index (κ3) is 2.58. The summed E-state index contributed by atoms with van der Waals surface area (Å²) in [4.78, 5) is 11.8. The number of aryl methyl sites for hydroxylation is 1. The molecule has 6 nitrogen and oxygen atoms in total. The number of nitrogens with two attached hydrogens (primary N) is 1. The third-order valence-corrected chi connectivity index (χ3v) is 3.09. The number of carbonyl (C=O) groups excluding carboxylic acids is 1. The van der Waals surface area contributed by atoms with E-state index in [1.807, 2.05) is 6.92 Å². The van der Waals surface area contributed by atoms with Crippen LogP contribution in [0.25, 0.3) is 0 Å². The molecule has 17 heavy (non-hydrogen) atoms. The minimum atomic E-state index is -0.454. The monoisotopic (exact) mass is 238 g/mol. The Hall–Kier alpha value is -1.56. The highest BCUT2D eigenvalue weighted by Crippen LogP contribution is 2.32. The number of nitrogens with one attached hydrogen (secondary N) is 2. The molecular formula is C11H18N4O2. The second-order valence-electron chi connectivity index (χ2n) is 4.43. The predicted molar refractivity (Wildman–Crippen MR) is 63.4 cm³/mol. The highest BCUT2D eigenvalue weighted by molar-refractivity contribution is 5.97. The van der Waals surface area contributed by atoms with Crippen LogP contribution in [0.4, 0.5) is 5.69 Å². The zero-order chi connectivity index (χ0) is 12.4. The van der Waals surface area contributed by atoms with E-state index < -0.39 is 6.10 Å². The molecule has 0 bridgehead atoms. The number of nitrogens with zero attached hydrogens (tertiary/aromatic N) is 1. The van der Waals surface area contributed by atoms with E-state index in [4.69, 9.17) is 5.73 Å². The molecule has 5 N–H and O–H groups in total. The lowest BCUT2D eigenvalue weighted by Gasteiger charge is -2.09. The summed E-state index contributed by atoms with van der Waals surface area (Å²) in [5.41, 5.74) is 7.15. The van der Waals surface area contributed by atoms with Crippen LogP contribution in [0.15, 0.2) is 0 Å². The van der Waals surface area contributed by atoms with Crippen molar-refractivity contribution >= 4 is 11.6 Å². The molecule has 0 aromatic carbocycles. The van der Waals surface area contributed by atoms with Crippen molar-refractivity contribution in [3.63, 3.8) is 0 Å². The van der Waals surface area contributed by atoms with Crippen LogP contribution in [0, 0.1) is 5.92 Å². The van der Waals surface area contributed by atoms with Gasteiger partial charge in [0.2, 0.25) is 0 Å². The van der Waals surface area contributed by atoms with Crippen molar-refractivity contribution in [3.05, 3.63) is 11.4 Å². The summed E-state index contributed by atoms with van der Waals surface area (Å²) < 4.78 is 0. The second-order valence-corrected chi connectivity index (χ2v) is 4.43. The van der Waals surface area contributed by atoms with Crippen LogP contribution >= 0.6 is 0 Å². The van der Waals surface area contributed by atoms with Crippen LogP contribution < -0.4 is 11.1 Å². The third-order valence-electron chi connectivity index (χ3n) is 3.09. The summed E-state index contributed by atoms with van der Waals surface area (Å²) >= 11 is 0. The van der Waals surface area contributed by atoms with E-state index in [2.05, 4.69) is 15.5 Å². The minimum absolute atomic E-state index is 0.213. The van der Waals surface area contributed by atoms with Gasteiger partial charge in [-0.1, -0.05) is 6.92 Å². The highest BCUT2D eigenvalue weighted by atomic mass is 16.3. The molecule has 1 saturated carbocycles. The van der Waals surface area contributed by atoms with Crippen LogP contribution in [-0.2, 0) is 6.42 Å². The Bertz CT molecular complexity index is 412.